The van der Waals surface area contributed by atoms with Gasteiger partial charge in [-0.3, -0.25) is 9.35 Å². The van der Waals surface area contributed by atoms with Crippen LogP contribution in [0.2, 0.25) is 0 Å². The molecule has 0 aromatic rings. The van der Waals surface area contributed by atoms with Crippen LogP contribution in [0.5, 0.6) is 0 Å². The molecule has 12 heteroatoms. The molecule has 0 saturated heterocycles. The highest BCUT2D eigenvalue weighted by Crippen LogP contribution is 2.08. The molecule has 0 radical (unpaired) electrons. The molecule has 0 aliphatic carbocycles. The lowest BCUT2D eigenvalue weighted by Gasteiger charge is -2.27. The van der Waals surface area contributed by atoms with Crippen LogP contribution in [-0.2, 0) is 24.2 Å². The number of hydrogen-bond acceptors (Lipinski definition) is 9. The molecule has 0 saturated carbocycles. The van der Waals surface area contributed by atoms with Gasteiger partial charge in [-0.25, -0.2) is 4.79 Å². The number of hydrogen-bond donors (Lipinski definition) is 6. The van der Waals surface area contributed by atoms with Gasteiger partial charge in [0.1, 0.15) is 18.3 Å². The number of aliphatic hydroxyl groups is 4. The van der Waals surface area contributed by atoms with E-state index in [1.165, 1.54) is 0 Å². The second-order valence-electron chi connectivity index (χ2n) is 3.74. The van der Waals surface area contributed by atoms with Crippen molar-refractivity contribution in [3.8, 4) is 0 Å². The summed E-state index contributed by atoms with van der Waals surface area (Å²) in [5, 5.41) is 38.4. The third-order valence-electron chi connectivity index (χ3n) is 2.07. The van der Waals surface area contributed by atoms with Gasteiger partial charge < -0.3 is 29.9 Å². The first kappa shape index (κ1) is 18.7. The summed E-state index contributed by atoms with van der Waals surface area (Å²) in [6, 6.07) is -2.09. The molecule has 4 atom stereocenters. The van der Waals surface area contributed by atoms with Crippen molar-refractivity contribution in [3.05, 3.63) is 0 Å². The monoisotopic (exact) mass is 317 g/mol. The molecule has 20 heavy (non-hydrogen) atoms. The van der Waals surface area contributed by atoms with Gasteiger partial charge in [-0.15, -0.1) is 0 Å². The number of carbonyl (C=O) groups excluding carboxylic acids is 2. The van der Waals surface area contributed by atoms with Gasteiger partial charge >= 0.3 is 16.4 Å². The highest BCUT2D eigenvalue weighted by molar-refractivity contribution is 7.81. The third-order valence-corrected chi connectivity index (χ3v) is 2.45. The average molecular weight is 317 g/mol. The summed E-state index contributed by atoms with van der Waals surface area (Å²) in [5.41, 5.74) is 0. The summed E-state index contributed by atoms with van der Waals surface area (Å²) in [7, 11) is -5.19. The predicted molar refractivity (Wildman–Crippen MR) is 60.4 cm³/mol. The maximum Gasteiger partial charge on any atom is 0.449 e. The Bertz CT molecular complexity index is 448. The highest BCUT2D eigenvalue weighted by atomic mass is 32.3. The minimum atomic E-state index is -5.19. The van der Waals surface area contributed by atoms with Crippen molar-refractivity contribution in [2.45, 2.75) is 31.3 Å². The normalized spacial score (nSPS) is 17.7. The van der Waals surface area contributed by atoms with E-state index in [2.05, 4.69) is 4.18 Å². The molecule has 6 N–H and O–H groups in total. The molecule has 0 aromatic carbocycles. The van der Waals surface area contributed by atoms with Gasteiger partial charge in [0.2, 0.25) is 5.91 Å². The molecule has 11 nitrogen and oxygen atoms in total. The third kappa shape index (κ3) is 6.23. The zero-order valence-corrected chi connectivity index (χ0v) is 11.0. The standard InChI is InChI=1S/C8H15NO10S/c1-3(11)9-5(8(15)19-20(16,17)18)7(14)6(13)4(12)2-10/h4-7,10,12-14H,2H2,1H3,(H,9,11)(H,16,17,18)/t4-,5-,6-,7-/m1/s1. The molecule has 0 aliphatic rings. The Hall–Kier alpha value is -1.31. The van der Waals surface area contributed by atoms with Crippen molar-refractivity contribution >= 4 is 22.3 Å². The molecule has 0 aromatic heterocycles. The summed E-state index contributed by atoms with van der Waals surface area (Å²) in [6.07, 6.45) is -6.15. The van der Waals surface area contributed by atoms with Gasteiger partial charge in [-0.05, 0) is 0 Å². The van der Waals surface area contributed by atoms with Crippen LogP contribution >= 0.6 is 0 Å². The average Bonchev–Trinajstić information content (AvgIpc) is 2.30. The number of aliphatic hydroxyl groups excluding tert-OH is 4. The summed E-state index contributed by atoms with van der Waals surface area (Å²) < 4.78 is 32.6. The highest BCUT2D eigenvalue weighted by Gasteiger charge is 2.38. The maximum atomic E-state index is 11.4. The van der Waals surface area contributed by atoms with Gasteiger partial charge in [0.05, 0.1) is 6.61 Å². The fourth-order valence-corrected chi connectivity index (χ4v) is 1.50. The number of amides is 1. The Kier molecular flexibility index (Phi) is 6.98. The maximum absolute atomic E-state index is 11.4. The van der Waals surface area contributed by atoms with E-state index in [0.717, 1.165) is 6.92 Å². The number of rotatable bonds is 7. The van der Waals surface area contributed by atoms with Crippen LogP contribution in [-0.4, -0.2) is 76.2 Å². The van der Waals surface area contributed by atoms with E-state index in [0.29, 0.717) is 0 Å². The second kappa shape index (κ2) is 7.47. The molecular formula is C8H15NO10S. The van der Waals surface area contributed by atoms with Gasteiger partial charge in [-0.1, -0.05) is 0 Å². The Morgan fingerprint density at radius 1 is 1.20 bits per heavy atom. The fourth-order valence-electron chi connectivity index (χ4n) is 1.19. The van der Waals surface area contributed by atoms with Crippen LogP contribution in [0.25, 0.3) is 0 Å². The van der Waals surface area contributed by atoms with Gasteiger partial charge in [0.25, 0.3) is 0 Å². The molecule has 0 fully saturated rings. The van der Waals surface area contributed by atoms with Crippen molar-refractivity contribution in [2.24, 2.45) is 0 Å². The van der Waals surface area contributed by atoms with Gasteiger partial charge in [0, 0.05) is 6.92 Å². The van der Waals surface area contributed by atoms with Crippen molar-refractivity contribution in [3.63, 3.8) is 0 Å². The van der Waals surface area contributed by atoms with Crippen molar-refractivity contribution in [1.82, 2.24) is 5.32 Å². The van der Waals surface area contributed by atoms with E-state index in [-0.39, 0.29) is 0 Å². The minimum Gasteiger partial charge on any atom is -0.394 e. The quantitative estimate of drug-likeness (QED) is 0.252. The molecule has 0 aliphatic heterocycles. The zero-order valence-electron chi connectivity index (χ0n) is 10.2. The van der Waals surface area contributed by atoms with E-state index in [1.807, 2.05) is 0 Å². The lowest BCUT2D eigenvalue weighted by Crippen LogP contribution is -2.56. The Morgan fingerprint density at radius 3 is 2.05 bits per heavy atom. The summed E-state index contributed by atoms with van der Waals surface area (Å²) in [4.78, 5) is 22.2. The Morgan fingerprint density at radius 2 is 1.70 bits per heavy atom. The Balaban J connectivity index is 5.14. The van der Waals surface area contributed by atoms with Gasteiger partial charge in [0.15, 0.2) is 6.04 Å². The van der Waals surface area contributed by atoms with Crippen molar-refractivity contribution in [1.29, 1.82) is 0 Å². The number of nitrogens with one attached hydrogen (secondary N) is 1. The van der Waals surface area contributed by atoms with E-state index in [4.69, 9.17) is 14.8 Å². The smallest absolute Gasteiger partial charge is 0.394 e. The van der Waals surface area contributed by atoms with E-state index in [1.54, 1.807) is 5.32 Å². The van der Waals surface area contributed by atoms with Crippen LogP contribution in [0.1, 0.15) is 6.92 Å². The van der Waals surface area contributed by atoms with Crippen LogP contribution in [0.3, 0.4) is 0 Å². The zero-order chi connectivity index (χ0) is 16.1. The fraction of sp³-hybridized carbons (Fsp3) is 0.750. The first-order valence-electron chi connectivity index (χ1n) is 5.12. The first-order valence-corrected chi connectivity index (χ1v) is 6.49. The molecular weight excluding hydrogens is 302 g/mol. The SMILES string of the molecule is CC(=O)N[C@@H](C(=O)OS(=O)(=O)O)[C@@H](O)[C@H](O)[C@H](O)CO. The van der Waals surface area contributed by atoms with Crippen LogP contribution in [0.4, 0.5) is 0 Å². The molecule has 1 amide bonds. The van der Waals surface area contributed by atoms with Crippen LogP contribution in [0.15, 0.2) is 0 Å². The molecule has 0 rings (SSSR count). The van der Waals surface area contributed by atoms with E-state index >= 15 is 0 Å². The first-order chi connectivity index (χ1) is 8.99. The van der Waals surface area contributed by atoms with Crippen LogP contribution in [0, 0.1) is 0 Å². The molecule has 118 valence electrons. The van der Waals surface area contributed by atoms with Crippen molar-refractivity contribution in [2.75, 3.05) is 6.61 Å². The van der Waals surface area contributed by atoms with Gasteiger partial charge in [-0.2, -0.15) is 8.42 Å². The molecule has 0 bridgehead atoms. The minimum absolute atomic E-state index is 0.896. The van der Waals surface area contributed by atoms with E-state index in [9.17, 15) is 28.2 Å². The van der Waals surface area contributed by atoms with Crippen LogP contribution < -0.4 is 5.32 Å². The predicted octanol–water partition coefficient (Wildman–Crippen LogP) is -4.09. The molecule has 0 unspecified atom stereocenters. The summed E-state index contributed by atoms with van der Waals surface area (Å²) >= 11 is 0. The lowest BCUT2D eigenvalue weighted by molar-refractivity contribution is -0.149. The second-order valence-corrected chi connectivity index (χ2v) is 4.76. The topological polar surface area (TPSA) is 191 Å². The number of carbonyl (C=O) groups is 2. The largest absolute Gasteiger partial charge is 0.449 e. The lowest BCUT2D eigenvalue weighted by atomic mass is 10.0. The molecule has 0 heterocycles. The summed E-state index contributed by atoms with van der Waals surface area (Å²) in [6.45, 7) is -0.0618. The van der Waals surface area contributed by atoms with E-state index < -0.39 is 53.2 Å². The van der Waals surface area contributed by atoms with Crippen molar-refractivity contribution < 1.29 is 47.2 Å². The molecule has 0 spiro atoms. The Labute approximate surface area is 113 Å². The summed E-state index contributed by atoms with van der Waals surface area (Å²) in [5.74, 6) is -2.69.